The highest BCUT2D eigenvalue weighted by molar-refractivity contribution is 5.74. The third kappa shape index (κ3) is 3.94. The Kier molecular flexibility index (Phi) is 5.04. The van der Waals surface area contributed by atoms with Crippen LogP contribution in [0.4, 0.5) is 4.79 Å². The molecule has 1 saturated heterocycles. The maximum absolute atomic E-state index is 12.8. The van der Waals surface area contributed by atoms with Crippen molar-refractivity contribution < 1.29 is 4.79 Å². The van der Waals surface area contributed by atoms with Gasteiger partial charge in [0.25, 0.3) is 0 Å². The van der Waals surface area contributed by atoms with Crippen LogP contribution in [-0.4, -0.2) is 42.6 Å². The number of amides is 2. The maximum Gasteiger partial charge on any atom is 0.318 e. The Morgan fingerprint density at radius 1 is 1.22 bits per heavy atom. The number of benzene rings is 1. The number of likely N-dealkylation sites (tertiary alicyclic amines) is 1. The summed E-state index contributed by atoms with van der Waals surface area (Å²) in [7, 11) is 0. The molecular weight excluding hydrogens is 342 g/mol. The summed E-state index contributed by atoms with van der Waals surface area (Å²) < 4.78 is 0. The Morgan fingerprint density at radius 2 is 2.11 bits per heavy atom. The quantitative estimate of drug-likeness (QED) is 0.742. The number of piperidine rings is 1. The van der Waals surface area contributed by atoms with Crippen LogP contribution in [0.2, 0.25) is 0 Å². The van der Waals surface area contributed by atoms with Crippen molar-refractivity contribution in [2.24, 2.45) is 0 Å². The minimum atomic E-state index is -0.118. The predicted octanol–water partition coefficient (Wildman–Crippen LogP) is 2.70. The van der Waals surface area contributed by atoms with Crippen LogP contribution in [0.25, 0.3) is 11.5 Å². The highest BCUT2D eigenvalue weighted by Gasteiger charge is 2.30. The average Bonchev–Trinajstić information content (AvgIpc) is 3.23. The number of hydrogen-bond donors (Lipinski definition) is 2. The van der Waals surface area contributed by atoms with Crippen LogP contribution in [0.5, 0.6) is 0 Å². The molecule has 1 aromatic carbocycles. The Morgan fingerprint density at radius 3 is 2.93 bits per heavy atom. The van der Waals surface area contributed by atoms with Crippen molar-refractivity contribution in [3.05, 3.63) is 60.3 Å². The van der Waals surface area contributed by atoms with Crippen molar-refractivity contribution in [3.63, 3.8) is 0 Å². The smallest absolute Gasteiger partial charge is 0.318 e. The Labute approximate surface area is 157 Å². The second-order valence-electron chi connectivity index (χ2n) is 6.48. The van der Waals surface area contributed by atoms with Gasteiger partial charge in [-0.2, -0.15) is 5.10 Å². The molecule has 0 radical (unpaired) electrons. The molecule has 0 spiro atoms. The fraction of sp³-hybridized carbons (Fsp3) is 0.316. The average molecular weight is 363 g/mol. The first-order valence-electron chi connectivity index (χ1n) is 9.08. The van der Waals surface area contributed by atoms with Crippen molar-refractivity contribution in [2.45, 2.75) is 31.8 Å². The fourth-order valence-corrected chi connectivity index (χ4v) is 3.29. The summed E-state index contributed by atoms with van der Waals surface area (Å²) in [5.74, 6) is 1.18. The minimum absolute atomic E-state index is 0.0824. The second kappa shape index (κ2) is 7.94. The molecule has 8 heteroatoms. The zero-order valence-corrected chi connectivity index (χ0v) is 14.9. The van der Waals surface area contributed by atoms with Crippen molar-refractivity contribution in [2.75, 3.05) is 6.54 Å². The number of hydrogen-bond acceptors (Lipinski definition) is 5. The second-order valence-corrected chi connectivity index (χ2v) is 6.48. The molecule has 0 aliphatic carbocycles. The summed E-state index contributed by atoms with van der Waals surface area (Å²) in [4.78, 5) is 27.4. The normalized spacial score (nSPS) is 16.9. The van der Waals surface area contributed by atoms with Crippen LogP contribution < -0.4 is 5.32 Å². The van der Waals surface area contributed by atoms with Crippen LogP contribution in [0.15, 0.2) is 48.9 Å². The van der Waals surface area contributed by atoms with E-state index in [1.165, 1.54) is 0 Å². The summed E-state index contributed by atoms with van der Waals surface area (Å²) in [6.07, 6.45) is 7.73. The largest absolute Gasteiger partial charge is 0.334 e. The molecule has 27 heavy (non-hydrogen) atoms. The molecule has 8 nitrogen and oxygen atoms in total. The number of urea groups is 1. The van der Waals surface area contributed by atoms with Gasteiger partial charge in [0.05, 0.1) is 12.2 Å². The van der Waals surface area contributed by atoms with E-state index in [-0.39, 0.29) is 12.1 Å². The van der Waals surface area contributed by atoms with E-state index >= 15 is 0 Å². The van der Waals surface area contributed by atoms with Gasteiger partial charge in [-0.25, -0.2) is 14.8 Å². The van der Waals surface area contributed by atoms with E-state index in [4.69, 9.17) is 0 Å². The van der Waals surface area contributed by atoms with Gasteiger partial charge in [0.15, 0.2) is 0 Å². The van der Waals surface area contributed by atoms with Gasteiger partial charge in [0.1, 0.15) is 11.5 Å². The Balaban J connectivity index is 1.47. The van der Waals surface area contributed by atoms with E-state index in [1.54, 1.807) is 18.6 Å². The lowest BCUT2D eigenvalue weighted by Gasteiger charge is -2.34. The molecule has 0 bridgehead atoms. The van der Waals surface area contributed by atoms with Gasteiger partial charge in [0.2, 0.25) is 5.82 Å². The molecule has 3 aromatic rings. The molecule has 138 valence electrons. The summed E-state index contributed by atoms with van der Waals surface area (Å²) in [6.45, 7) is 1.20. The first-order valence-corrected chi connectivity index (χ1v) is 9.08. The number of H-pyrrole nitrogens is 1. The van der Waals surface area contributed by atoms with Crippen LogP contribution in [-0.2, 0) is 6.54 Å². The number of carbonyl (C=O) groups is 1. The molecule has 4 rings (SSSR count). The van der Waals surface area contributed by atoms with Crippen LogP contribution in [0, 0.1) is 0 Å². The number of aromatic nitrogens is 5. The van der Waals surface area contributed by atoms with Gasteiger partial charge in [-0.05, 0) is 24.8 Å². The van der Waals surface area contributed by atoms with E-state index in [0.29, 0.717) is 30.4 Å². The lowest BCUT2D eigenvalue weighted by molar-refractivity contribution is 0.147. The number of nitrogens with one attached hydrogen (secondary N) is 2. The molecule has 2 amide bonds. The Bertz CT molecular complexity index is 881. The predicted molar refractivity (Wildman–Crippen MR) is 99.4 cm³/mol. The standard InChI is InChI=1S/C19H21N7O/c27-19(22-12-14-6-2-1-3-7-14)26-11-5-4-8-16(26)18-23-17(24-25-18)15-13-20-9-10-21-15/h1-3,6-7,9-10,13,16H,4-5,8,11-12H2,(H,22,27)(H,23,24,25). The molecule has 1 fully saturated rings. The molecule has 2 aromatic heterocycles. The van der Waals surface area contributed by atoms with Gasteiger partial charge in [-0.3, -0.25) is 10.1 Å². The van der Waals surface area contributed by atoms with Gasteiger partial charge in [-0.1, -0.05) is 30.3 Å². The van der Waals surface area contributed by atoms with Gasteiger partial charge in [0, 0.05) is 25.5 Å². The first-order chi connectivity index (χ1) is 13.3. The van der Waals surface area contributed by atoms with Gasteiger partial charge >= 0.3 is 6.03 Å². The van der Waals surface area contributed by atoms with Crippen LogP contribution >= 0.6 is 0 Å². The highest BCUT2D eigenvalue weighted by Crippen LogP contribution is 2.29. The third-order valence-corrected chi connectivity index (χ3v) is 4.66. The number of carbonyl (C=O) groups excluding carboxylic acids is 1. The number of aromatic amines is 1. The monoisotopic (exact) mass is 363 g/mol. The molecular formula is C19H21N7O. The Hall–Kier alpha value is -3.29. The lowest BCUT2D eigenvalue weighted by Crippen LogP contribution is -2.44. The number of nitrogens with zero attached hydrogens (tertiary/aromatic N) is 5. The molecule has 2 N–H and O–H groups in total. The first kappa shape index (κ1) is 17.1. The zero-order chi connectivity index (χ0) is 18.5. The molecule has 0 saturated carbocycles. The highest BCUT2D eigenvalue weighted by atomic mass is 16.2. The zero-order valence-electron chi connectivity index (χ0n) is 14.9. The minimum Gasteiger partial charge on any atom is -0.334 e. The van der Waals surface area contributed by atoms with Crippen LogP contribution in [0.3, 0.4) is 0 Å². The van der Waals surface area contributed by atoms with Gasteiger partial charge in [-0.15, -0.1) is 0 Å². The van der Waals surface area contributed by atoms with Gasteiger partial charge < -0.3 is 10.2 Å². The summed E-state index contributed by atoms with van der Waals surface area (Å²) >= 11 is 0. The molecule has 1 atom stereocenters. The molecule has 1 unspecified atom stereocenters. The molecule has 3 heterocycles. The summed E-state index contributed by atoms with van der Waals surface area (Å²) in [6, 6.07) is 9.69. The van der Waals surface area contributed by atoms with E-state index in [1.807, 2.05) is 35.2 Å². The third-order valence-electron chi connectivity index (χ3n) is 4.66. The lowest BCUT2D eigenvalue weighted by atomic mass is 10.0. The summed E-state index contributed by atoms with van der Waals surface area (Å²) in [5.41, 5.74) is 1.68. The van der Waals surface area contributed by atoms with E-state index < -0.39 is 0 Å². The fourth-order valence-electron chi connectivity index (χ4n) is 3.29. The van der Waals surface area contributed by atoms with Crippen molar-refractivity contribution in [1.29, 1.82) is 0 Å². The summed E-state index contributed by atoms with van der Waals surface area (Å²) in [5, 5.41) is 10.2. The van der Waals surface area contributed by atoms with E-state index in [9.17, 15) is 4.79 Å². The number of rotatable bonds is 4. The van der Waals surface area contributed by atoms with Crippen molar-refractivity contribution >= 4 is 6.03 Å². The van der Waals surface area contributed by atoms with Crippen molar-refractivity contribution in [3.8, 4) is 11.5 Å². The SMILES string of the molecule is O=C(NCc1ccccc1)N1CCCCC1c1nc(-c2cnccn2)n[nH]1. The maximum atomic E-state index is 12.8. The van der Waals surface area contributed by atoms with Crippen molar-refractivity contribution in [1.82, 2.24) is 35.4 Å². The van der Waals surface area contributed by atoms with E-state index in [2.05, 4.69) is 30.5 Å². The molecule has 1 aliphatic rings. The van der Waals surface area contributed by atoms with E-state index in [0.717, 1.165) is 24.8 Å². The topological polar surface area (TPSA) is 99.7 Å². The van der Waals surface area contributed by atoms with Crippen LogP contribution in [0.1, 0.15) is 36.7 Å². The molecule has 1 aliphatic heterocycles.